The zero-order valence-corrected chi connectivity index (χ0v) is 16.0. The molecule has 26 heavy (non-hydrogen) atoms. The number of nitro groups is 1. The van der Waals surface area contributed by atoms with Crippen molar-refractivity contribution in [3.05, 3.63) is 34.4 Å². The third-order valence-electron chi connectivity index (χ3n) is 4.68. The van der Waals surface area contributed by atoms with E-state index in [2.05, 4.69) is 0 Å². The molecule has 1 amide bonds. The van der Waals surface area contributed by atoms with Crippen LogP contribution < -0.4 is 4.90 Å². The van der Waals surface area contributed by atoms with E-state index in [0.717, 1.165) is 4.90 Å². The van der Waals surface area contributed by atoms with E-state index >= 15 is 0 Å². The Morgan fingerprint density at radius 1 is 1.31 bits per heavy atom. The van der Waals surface area contributed by atoms with Gasteiger partial charge in [0.2, 0.25) is 10.0 Å². The molecule has 10 heteroatoms. The summed E-state index contributed by atoms with van der Waals surface area (Å²) in [7, 11) is -2.18. The molecule has 1 fully saturated rings. The number of piperazine rings is 1. The second kappa shape index (κ2) is 8.11. The van der Waals surface area contributed by atoms with Gasteiger partial charge in [0.15, 0.2) is 11.4 Å². The Labute approximate surface area is 153 Å². The van der Waals surface area contributed by atoms with Gasteiger partial charge in [0, 0.05) is 19.2 Å². The van der Waals surface area contributed by atoms with Gasteiger partial charge >= 0.3 is 0 Å². The monoisotopic (exact) mass is 385 g/mol. The lowest BCUT2D eigenvalue weighted by Gasteiger charge is -2.32. The van der Waals surface area contributed by atoms with Crippen LogP contribution in [0.3, 0.4) is 0 Å². The summed E-state index contributed by atoms with van der Waals surface area (Å²) < 4.78 is 26.8. The summed E-state index contributed by atoms with van der Waals surface area (Å²) in [5, 5.41) is 11.1. The minimum atomic E-state index is -3.94. The highest BCUT2D eigenvalue weighted by atomic mass is 32.2. The fourth-order valence-electron chi connectivity index (χ4n) is 2.81. The van der Waals surface area contributed by atoms with Crippen molar-refractivity contribution in [1.29, 1.82) is 0 Å². The van der Waals surface area contributed by atoms with Crippen LogP contribution in [0.4, 0.5) is 5.69 Å². The first-order valence-electron chi connectivity index (χ1n) is 8.47. The first-order chi connectivity index (χ1) is 12.1. The number of para-hydroxylation sites is 1. The summed E-state index contributed by atoms with van der Waals surface area (Å²) >= 11 is 0. The predicted molar refractivity (Wildman–Crippen MR) is 95.3 cm³/mol. The SMILES string of the molecule is CC(C)N(C)C(=O)C[NH+]1CCN(S(=O)(=O)c2ccccc2[N+](=O)[O-])CC1. The number of carbonyl (C=O) groups excluding carboxylic acids is 1. The van der Waals surface area contributed by atoms with Gasteiger partial charge in [-0.1, -0.05) is 12.1 Å². The van der Waals surface area contributed by atoms with Gasteiger partial charge in [-0.05, 0) is 19.9 Å². The summed E-state index contributed by atoms with van der Waals surface area (Å²) in [5.74, 6) is 0.0185. The van der Waals surface area contributed by atoms with E-state index in [4.69, 9.17) is 0 Å². The van der Waals surface area contributed by atoms with Crippen molar-refractivity contribution in [2.75, 3.05) is 39.8 Å². The third kappa shape index (κ3) is 4.37. The van der Waals surface area contributed by atoms with Crippen LogP contribution in [0.15, 0.2) is 29.2 Å². The number of quaternary nitrogens is 1. The number of carbonyl (C=O) groups is 1. The Bertz CT molecular complexity index is 773. The average Bonchev–Trinajstić information content (AvgIpc) is 2.61. The maximum absolute atomic E-state index is 12.8. The summed E-state index contributed by atoms with van der Waals surface area (Å²) in [6, 6.07) is 5.47. The predicted octanol–water partition coefficient (Wildman–Crippen LogP) is -0.649. The van der Waals surface area contributed by atoms with E-state index in [1.54, 1.807) is 11.9 Å². The van der Waals surface area contributed by atoms with Crippen LogP contribution in [0.5, 0.6) is 0 Å². The molecule has 1 aliphatic rings. The number of rotatable bonds is 6. The van der Waals surface area contributed by atoms with E-state index in [1.807, 2.05) is 13.8 Å². The molecule has 0 unspecified atom stereocenters. The number of hydrogen-bond acceptors (Lipinski definition) is 5. The third-order valence-corrected chi connectivity index (χ3v) is 6.62. The summed E-state index contributed by atoms with van der Waals surface area (Å²) in [4.78, 5) is 25.0. The van der Waals surface area contributed by atoms with Gasteiger partial charge in [0.05, 0.1) is 31.1 Å². The molecule has 0 radical (unpaired) electrons. The van der Waals surface area contributed by atoms with Crippen LogP contribution in [0.2, 0.25) is 0 Å². The number of benzene rings is 1. The normalized spacial score (nSPS) is 16.6. The highest BCUT2D eigenvalue weighted by molar-refractivity contribution is 7.89. The Morgan fingerprint density at radius 2 is 1.88 bits per heavy atom. The Hall–Kier alpha value is -2.04. The van der Waals surface area contributed by atoms with Gasteiger partial charge < -0.3 is 9.80 Å². The number of amides is 1. The van der Waals surface area contributed by atoms with Crippen molar-refractivity contribution in [3.63, 3.8) is 0 Å². The quantitative estimate of drug-likeness (QED) is 0.518. The van der Waals surface area contributed by atoms with E-state index in [-0.39, 0.29) is 29.9 Å². The first kappa shape index (κ1) is 20.3. The van der Waals surface area contributed by atoms with E-state index in [0.29, 0.717) is 19.6 Å². The van der Waals surface area contributed by atoms with Gasteiger partial charge in [-0.25, -0.2) is 8.42 Å². The maximum atomic E-state index is 12.8. The van der Waals surface area contributed by atoms with Crippen molar-refractivity contribution < 1.29 is 23.0 Å². The number of hydrogen-bond donors (Lipinski definition) is 1. The lowest BCUT2D eigenvalue weighted by Crippen LogP contribution is -3.15. The van der Waals surface area contributed by atoms with Crippen LogP contribution in [0.25, 0.3) is 0 Å². The Kier molecular flexibility index (Phi) is 6.32. The van der Waals surface area contributed by atoms with E-state index in [9.17, 15) is 23.3 Å². The average molecular weight is 385 g/mol. The fraction of sp³-hybridized carbons (Fsp3) is 0.562. The van der Waals surface area contributed by atoms with Gasteiger partial charge in [-0.15, -0.1) is 0 Å². The van der Waals surface area contributed by atoms with E-state index in [1.165, 1.54) is 28.6 Å². The zero-order chi connectivity index (χ0) is 19.5. The molecule has 2 rings (SSSR count). The molecular weight excluding hydrogens is 360 g/mol. The van der Waals surface area contributed by atoms with Crippen LogP contribution in [-0.4, -0.2) is 74.3 Å². The first-order valence-corrected chi connectivity index (χ1v) is 9.91. The van der Waals surface area contributed by atoms with Crippen LogP contribution >= 0.6 is 0 Å². The second-order valence-electron chi connectivity index (χ2n) is 6.65. The van der Waals surface area contributed by atoms with Crippen molar-refractivity contribution in [2.45, 2.75) is 24.8 Å². The molecule has 0 saturated carbocycles. The molecular formula is C16H25N4O5S+. The number of nitrogens with zero attached hydrogens (tertiary/aromatic N) is 3. The van der Waals surface area contributed by atoms with Gasteiger partial charge in [-0.2, -0.15) is 4.31 Å². The molecule has 0 spiro atoms. The Morgan fingerprint density at radius 3 is 2.42 bits per heavy atom. The molecule has 0 atom stereocenters. The van der Waals surface area contributed by atoms with Gasteiger partial charge in [-0.3, -0.25) is 14.9 Å². The number of sulfonamides is 1. The molecule has 1 N–H and O–H groups in total. The largest absolute Gasteiger partial charge is 0.338 e. The molecule has 0 aromatic heterocycles. The van der Waals surface area contributed by atoms with Crippen LogP contribution in [0.1, 0.15) is 13.8 Å². The highest BCUT2D eigenvalue weighted by Crippen LogP contribution is 2.26. The van der Waals surface area contributed by atoms with Crippen molar-refractivity contribution in [3.8, 4) is 0 Å². The van der Waals surface area contributed by atoms with Crippen molar-refractivity contribution in [1.82, 2.24) is 9.21 Å². The smallest absolute Gasteiger partial charge is 0.289 e. The summed E-state index contributed by atoms with van der Waals surface area (Å²) in [5.41, 5.74) is -0.420. The lowest BCUT2D eigenvalue weighted by atomic mass is 10.3. The molecule has 1 saturated heterocycles. The second-order valence-corrected chi connectivity index (χ2v) is 8.56. The van der Waals surface area contributed by atoms with Crippen molar-refractivity contribution in [2.24, 2.45) is 0 Å². The standard InChI is InChI=1S/C16H24N4O5S/c1-13(2)17(3)16(21)12-18-8-10-19(11-9-18)26(24,25)15-7-5-4-6-14(15)20(22)23/h4-7,13H,8-12H2,1-3H3/p+1. The van der Waals surface area contributed by atoms with Crippen LogP contribution in [0, 0.1) is 10.1 Å². The summed E-state index contributed by atoms with van der Waals surface area (Å²) in [6.45, 7) is 5.60. The fourth-order valence-corrected chi connectivity index (χ4v) is 4.41. The molecule has 0 bridgehead atoms. The number of likely N-dealkylation sites (N-methyl/N-ethyl adjacent to an activating group) is 1. The minimum absolute atomic E-state index is 0.0185. The number of nitro benzene ring substituents is 1. The maximum Gasteiger partial charge on any atom is 0.289 e. The van der Waals surface area contributed by atoms with Gasteiger partial charge in [0.25, 0.3) is 11.6 Å². The molecule has 0 aliphatic carbocycles. The molecule has 144 valence electrons. The topological polar surface area (TPSA) is 105 Å². The molecule has 1 heterocycles. The summed E-state index contributed by atoms with van der Waals surface area (Å²) in [6.07, 6.45) is 0. The van der Waals surface area contributed by atoms with Crippen molar-refractivity contribution >= 4 is 21.6 Å². The minimum Gasteiger partial charge on any atom is -0.338 e. The molecule has 9 nitrogen and oxygen atoms in total. The highest BCUT2D eigenvalue weighted by Gasteiger charge is 2.35. The molecule has 1 aliphatic heterocycles. The Balaban J connectivity index is 2.06. The van der Waals surface area contributed by atoms with Gasteiger partial charge in [0.1, 0.15) is 0 Å². The lowest BCUT2D eigenvalue weighted by molar-refractivity contribution is -0.896. The van der Waals surface area contributed by atoms with E-state index < -0.39 is 20.6 Å². The zero-order valence-electron chi connectivity index (χ0n) is 15.2. The molecule has 1 aromatic rings. The molecule has 1 aromatic carbocycles. The number of nitrogens with one attached hydrogen (secondary N) is 1. The van der Waals surface area contributed by atoms with Crippen LogP contribution in [-0.2, 0) is 14.8 Å².